The first-order valence-electron chi connectivity index (χ1n) is 3.58. The fraction of sp³-hybridized carbons (Fsp3) is 0. The molecular weight excluding hydrogens is 186 g/mol. The van der Waals surface area contributed by atoms with E-state index in [-0.39, 0.29) is 17.1 Å². The number of nitrogens with zero attached hydrogens (tertiary/aromatic N) is 3. The van der Waals surface area contributed by atoms with Crippen molar-refractivity contribution >= 4 is 12.0 Å². The molecule has 14 heavy (non-hydrogen) atoms. The quantitative estimate of drug-likeness (QED) is 0.326. The normalized spacial score (nSPS) is 10.3. The van der Waals surface area contributed by atoms with Crippen LogP contribution in [-0.2, 0) is 0 Å². The molecule has 0 aliphatic carbocycles. The third-order valence-electron chi connectivity index (χ3n) is 1.41. The van der Waals surface area contributed by atoms with Gasteiger partial charge in [-0.2, -0.15) is 0 Å². The van der Waals surface area contributed by atoms with Crippen LogP contribution in [0.3, 0.4) is 0 Å². The predicted molar refractivity (Wildman–Crippen MR) is 48.4 cm³/mol. The molecule has 72 valence electrons. The van der Waals surface area contributed by atoms with Crippen molar-refractivity contribution < 1.29 is 15.0 Å². The molecule has 6 heteroatoms. The summed E-state index contributed by atoms with van der Waals surface area (Å²) in [4.78, 5) is 11.2. The van der Waals surface area contributed by atoms with E-state index in [0.717, 1.165) is 24.4 Å². The maximum atomic E-state index is 11.2. The van der Waals surface area contributed by atoms with Gasteiger partial charge >= 0.3 is 0 Å². The van der Waals surface area contributed by atoms with Crippen molar-refractivity contribution in [2.75, 3.05) is 0 Å². The van der Waals surface area contributed by atoms with Crippen molar-refractivity contribution in [1.29, 1.82) is 0 Å². The Morgan fingerprint density at radius 3 is 2.36 bits per heavy atom. The van der Waals surface area contributed by atoms with E-state index >= 15 is 0 Å². The Bertz CT molecular complexity index is 381. The third-order valence-corrected chi connectivity index (χ3v) is 1.41. The largest absolute Gasteiger partial charge is 0.508 e. The van der Waals surface area contributed by atoms with Crippen LogP contribution in [0.2, 0.25) is 0 Å². The van der Waals surface area contributed by atoms with Crippen LogP contribution in [0.25, 0.3) is 5.53 Å². The Labute approximate surface area is 79.0 Å². The fourth-order valence-corrected chi connectivity index (χ4v) is 0.890. The molecule has 0 unspecified atom stereocenters. The van der Waals surface area contributed by atoms with Gasteiger partial charge in [-0.3, -0.25) is 10.0 Å². The van der Waals surface area contributed by atoms with E-state index in [0.29, 0.717) is 0 Å². The van der Waals surface area contributed by atoms with E-state index in [1.54, 1.807) is 0 Å². The number of benzene rings is 1. The van der Waals surface area contributed by atoms with Gasteiger partial charge in [-0.1, -0.05) is 0 Å². The maximum absolute atomic E-state index is 11.2. The van der Waals surface area contributed by atoms with Crippen molar-refractivity contribution in [1.82, 2.24) is 0 Å². The van der Waals surface area contributed by atoms with Crippen LogP contribution in [0.1, 0.15) is 10.4 Å². The summed E-state index contributed by atoms with van der Waals surface area (Å²) >= 11 is 0. The third kappa shape index (κ3) is 2.37. The van der Waals surface area contributed by atoms with E-state index in [9.17, 15) is 4.79 Å². The lowest BCUT2D eigenvalue weighted by atomic mass is 10.1. The first kappa shape index (κ1) is 9.85. The van der Waals surface area contributed by atoms with Crippen molar-refractivity contribution in [2.45, 2.75) is 0 Å². The molecule has 0 saturated heterocycles. The molecular formula is C8H6N3O3-. The molecule has 2 N–H and O–H groups in total. The molecule has 6 nitrogen and oxygen atoms in total. The second-order valence-electron chi connectivity index (χ2n) is 2.44. The second-order valence-corrected chi connectivity index (χ2v) is 2.44. The van der Waals surface area contributed by atoms with Gasteiger partial charge in [0.15, 0.2) is 5.78 Å². The van der Waals surface area contributed by atoms with Gasteiger partial charge in [-0.15, -0.1) is 0 Å². The summed E-state index contributed by atoms with van der Waals surface area (Å²) in [5, 5.41) is 23.4. The van der Waals surface area contributed by atoms with E-state index in [1.807, 2.05) is 0 Å². The van der Waals surface area contributed by atoms with E-state index in [4.69, 9.17) is 15.7 Å². The minimum Gasteiger partial charge on any atom is -0.508 e. The van der Waals surface area contributed by atoms with Crippen LogP contribution in [-0.4, -0.2) is 22.2 Å². The van der Waals surface area contributed by atoms with Gasteiger partial charge in [0.2, 0.25) is 0 Å². The number of carbonyl (C=O) groups excluding carboxylic acids is 1. The zero-order valence-corrected chi connectivity index (χ0v) is 6.95. The molecule has 0 aromatic heterocycles. The molecule has 0 fully saturated rings. The van der Waals surface area contributed by atoms with Crippen LogP contribution < -0.4 is 0 Å². The van der Waals surface area contributed by atoms with Gasteiger partial charge in [-0.25, -0.2) is 0 Å². The molecule has 0 aliphatic heterocycles. The van der Waals surface area contributed by atoms with Crippen LogP contribution in [0.4, 0.5) is 0 Å². The number of hydrogen-bond acceptors (Lipinski definition) is 4. The average Bonchev–Trinajstić information content (AvgIpc) is 2.12. The zero-order chi connectivity index (χ0) is 10.6. The smallest absolute Gasteiger partial charge is 0.183 e. The molecule has 1 aromatic carbocycles. The highest BCUT2D eigenvalue weighted by molar-refractivity contribution is 6.35. The number of Topliss-reactive ketones (excluding diaryl/α,β-unsaturated/α-hetero) is 1. The number of rotatable bonds is 3. The summed E-state index contributed by atoms with van der Waals surface area (Å²) in [6.45, 7) is 0. The number of ketones is 1. The van der Waals surface area contributed by atoms with Gasteiger partial charge < -0.3 is 20.8 Å². The van der Waals surface area contributed by atoms with Crippen LogP contribution >= 0.6 is 0 Å². The number of hydrogen-bond donors (Lipinski definition) is 2. The van der Waals surface area contributed by atoms with Crippen molar-refractivity contribution in [2.24, 2.45) is 10.3 Å². The van der Waals surface area contributed by atoms with E-state index in [1.165, 1.54) is 0 Å². The van der Waals surface area contributed by atoms with Gasteiger partial charge in [0, 0.05) is 11.6 Å². The molecule has 0 spiro atoms. The summed E-state index contributed by atoms with van der Waals surface area (Å²) in [5.41, 5.74) is 8.00. The molecule has 0 radical (unpaired) electrons. The first-order chi connectivity index (χ1) is 6.63. The molecule has 0 bridgehead atoms. The van der Waals surface area contributed by atoms with Crippen LogP contribution in [0.5, 0.6) is 11.5 Å². The van der Waals surface area contributed by atoms with Gasteiger partial charge in [0.05, 0.1) is 0 Å². The highest BCUT2D eigenvalue weighted by atomic mass is 16.3. The molecule has 0 heterocycles. The molecule has 1 aromatic rings. The lowest BCUT2D eigenvalue weighted by Crippen LogP contribution is -1.99. The lowest BCUT2D eigenvalue weighted by molar-refractivity contribution is 0.107. The Balaban J connectivity index is 3.01. The first-order valence-corrected chi connectivity index (χ1v) is 3.58. The van der Waals surface area contributed by atoms with E-state index in [2.05, 4.69) is 10.3 Å². The number of carbonyl (C=O) groups is 1. The minimum atomic E-state index is -0.589. The summed E-state index contributed by atoms with van der Waals surface area (Å²) in [6.07, 6.45) is 0.758. The zero-order valence-electron chi connectivity index (χ0n) is 6.95. The van der Waals surface area contributed by atoms with Crippen LogP contribution in [0.15, 0.2) is 28.5 Å². The summed E-state index contributed by atoms with van der Waals surface area (Å²) in [5.74, 6) is -1.06. The van der Waals surface area contributed by atoms with Gasteiger partial charge in [0.25, 0.3) is 0 Å². The summed E-state index contributed by atoms with van der Waals surface area (Å²) in [7, 11) is 0. The SMILES string of the molecule is [N-]=NN=CC(=O)c1cc(O)cc(O)c1. The molecule has 0 aliphatic rings. The van der Waals surface area contributed by atoms with Crippen molar-refractivity contribution in [3.05, 3.63) is 29.3 Å². The van der Waals surface area contributed by atoms with E-state index < -0.39 is 5.78 Å². The Morgan fingerprint density at radius 2 is 1.86 bits per heavy atom. The minimum absolute atomic E-state index is 0.0508. The molecule has 0 saturated carbocycles. The molecule has 1 rings (SSSR count). The highest BCUT2D eigenvalue weighted by Gasteiger charge is 2.04. The second kappa shape index (κ2) is 4.13. The number of aromatic hydroxyl groups is 2. The van der Waals surface area contributed by atoms with Crippen LogP contribution in [0, 0.1) is 0 Å². The summed E-state index contributed by atoms with van der Waals surface area (Å²) in [6, 6.07) is 3.40. The monoisotopic (exact) mass is 192 g/mol. The van der Waals surface area contributed by atoms with Crippen molar-refractivity contribution in [3.63, 3.8) is 0 Å². The Morgan fingerprint density at radius 1 is 1.29 bits per heavy atom. The molecule has 0 atom stereocenters. The predicted octanol–water partition coefficient (Wildman–Crippen LogP) is 1.29. The summed E-state index contributed by atoms with van der Waals surface area (Å²) < 4.78 is 0. The average molecular weight is 192 g/mol. The highest BCUT2D eigenvalue weighted by Crippen LogP contribution is 2.20. The molecule has 0 amide bonds. The number of phenolic OH excluding ortho intramolecular Hbond substituents is 2. The lowest BCUT2D eigenvalue weighted by Gasteiger charge is -1.99. The van der Waals surface area contributed by atoms with Gasteiger partial charge in [0.1, 0.15) is 11.5 Å². The Hall–Kier alpha value is -2.24. The maximum Gasteiger partial charge on any atom is 0.183 e. The Kier molecular flexibility index (Phi) is 2.90. The number of phenols is 2. The standard InChI is InChI=1S/C8H6N3O3/c9-11-10-4-8(14)5-1-6(12)3-7(13)2-5/h1-4,12-13H/q-1. The van der Waals surface area contributed by atoms with Gasteiger partial charge in [-0.05, 0) is 18.3 Å². The van der Waals surface area contributed by atoms with Crippen molar-refractivity contribution in [3.8, 4) is 11.5 Å². The fourth-order valence-electron chi connectivity index (χ4n) is 0.890. The topological polar surface area (TPSA) is 105 Å².